The number of methoxy groups -OCH3 is 1. The van der Waals surface area contributed by atoms with Crippen molar-refractivity contribution in [2.75, 3.05) is 7.11 Å². The molecular formula is C28H22BrFN4O3. The van der Waals surface area contributed by atoms with Gasteiger partial charge in [-0.25, -0.2) is 14.1 Å². The lowest BCUT2D eigenvalue weighted by molar-refractivity contribution is -0.133. The molecule has 186 valence electrons. The van der Waals surface area contributed by atoms with Crippen molar-refractivity contribution in [2.24, 2.45) is 5.10 Å². The van der Waals surface area contributed by atoms with Crippen LogP contribution in [0.2, 0.25) is 0 Å². The quantitative estimate of drug-likeness (QED) is 0.325. The summed E-state index contributed by atoms with van der Waals surface area (Å²) in [6, 6.07) is 23.5. The highest BCUT2D eigenvalue weighted by atomic mass is 79.9. The zero-order valence-corrected chi connectivity index (χ0v) is 21.4. The molecule has 1 aromatic heterocycles. The molecule has 0 spiro atoms. The van der Waals surface area contributed by atoms with Gasteiger partial charge in [0.1, 0.15) is 18.1 Å². The number of carbonyl (C=O) groups excluding carboxylic acids is 1. The molecule has 5 rings (SSSR count). The minimum atomic E-state index is -0.449. The van der Waals surface area contributed by atoms with E-state index in [0.29, 0.717) is 23.6 Å². The predicted octanol–water partition coefficient (Wildman–Crippen LogP) is 5.20. The van der Waals surface area contributed by atoms with E-state index in [0.717, 1.165) is 25.8 Å². The predicted molar refractivity (Wildman–Crippen MR) is 142 cm³/mol. The SMILES string of the molecule is COc1ccc(C2=NN(C(=O)Cn3nc(-c4ccc(Br)cc4)ccc3=O)C(c3ccc(F)cc3)C2)cc1. The van der Waals surface area contributed by atoms with Crippen molar-refractivity contribution < 1.29 is 13.9 Å². The first kappa shape index (κ1) is 24.6. The topological polar surface area (TPSA) is 76.8 Å². The maximum absolute atomic E-state index is 13.6. The van der Waals surface area contributed by atoms with Gasteiger partial charge in [0, 0.05) is 22.5 Å². The number of benzene rings is 3. The minimum absolute atomic E-state index is 0.291. The average molecular weight is 561 g/mol. The molecule has 1 amide bonds. The van der Waals surface area contributed by atoms with Crippen molar-refractivity contribution in [3.63, 3.8) is 0 Å². The highest BCUT2D eigenvalue weighted by Gasteiger charge is 2.33. The first-order chi connectivity index (χ1) is 17.9. The van der Waals surface area contributed by atoms with Crippen LogP contribution in [0.25, 0.3) is 11.3 Å². The fourth-order valence-electron chi connectivity index (χ4n) is 4.18. The Labute approximate surface area is 220 Å². The zero-order chi connectivity index (χ0) is 25.9. The van der Waals surface area contributed by atoms with Crippen molar-refractivity contribution in [1.29, 1.82) is 0 Å². The van der Waals surface area contributed by atoms with Crippen LogP contribution >= 0.6 is 15.9 Å². The summed E-state index contributed by atoms with van der Waals surface area (Å²) >= 11 is 3.41. The summed E-state index contributed by atoms with van der Waals surface area (Å²) in [5, 5.41) is 10.4. The third kappa shape index (κ3) is 5.36. The molecule has 2 heterocycles. The molecule has 7 nitrogen and oxygen atoms in total. The molecule has 0 saturated carbocycles. The van der Waals surface area contributed by atoms with E-state index in [1.54, 1.807) is 25.3 Å². The van der Waals surface area contributed by atoms with Gasteiger partial charge in [0.05, 0.1) is 24.6 Å². The maximum atomic E-state index is 13.6. The van der Waals surface area contributed by atoms with Crippen molar-refractivity contribution in [1.82, 2.24) is 14.8 Å². The van der Waals surface area contributed by atoms with Crippen molar-refractivity contribution in [2.45, 2.75) is 19.0 Å². The van der Waals surface area contributed by atoms with E-state index >= 15 is 0 Å². The molecule has 1 aliphatic heterocycles. The fourth-order valence-corrected chi connectivity index (χ4v) is 4.44. The van der Waals surface area contributed by atoms with Gasteiger partial charge in [0.25, 0.3) is 11.5 Å². The first-order valence-corrected chi connectivity index (χ1v) is 12.3. The monoisotopic (exact) mass is 560 g/mol. The Morgan fingerprint density at radius 1 is 0.973 bits per heavy atom. The van der Waals surface area contributed by atoms with Gasteiger partial charge in [-0.1, -0.05) is 40.2 Å². The van der Waals surface area contributed by atoms with E-state index in [1.807, 2.05) is 48.5 Å². The van der Waals surface area contributed by atoms with Crippen LogP contribution in [-0.2, 0) is 11.3 Å². The largest absolute Gasteiger partial charge is 0.497 e. The summed E-state index contributed by atoms with van der Waals surface area (Å²) in [5.74, 6) is -0.0571. The first-order valence-electron chi connectivity index (χ1n) is 11.5. The van der Waals surface area contributed by atoms with E-state index in [9.17, 15) is 14.0 Å². The average Bonchev–Trinajstić information content (AvgIpc) is 3.37. The highest BCUT2D eigenvalue weighted by Crippen LogP contribution is 2.33. The number of hydrogen-bond donors (Lipinski definition) is 0. The Balaban J connectivity index is 1.46. The molecule has 1 unspecified atom stereocenters. The Kier molecular flexibility index (Phi) is 6.96. The maximum Gasteiger partial charge on any atom is 0.267 e. The Hall–Kier alpha value is -4.11. The number of carbonyl (C=O) groups is 1. The Morgan fingerprint density at radius 3 is 2.32 bits per heavy atom. The molecular weight excluding hydrogens is 539 g/mol. The highest BCUT2D eigenvalue weighted by molar-refractivity contribution is 9.10. The normalized spacial score (nSPS) is 14.9. The van der Waals surface area contributed by atoms with Crippen LogP contribution in [0.1, 0.15) is 23.6 Å². The number of aromatic nitrogens is 2. The van der Waals surface area contributed by atoms with Crippen LogP contribution < -0.4 is 10.3 Å². The van der Waals surface area contributed by atoms with Crippen molar-refractivity contribution in [3.05, 3.63) is 117 Å². The minimum Gasteiger partial charge on any atom is -0.497 e. The summed E-state index contributed by atoms with van der Waals surface area (Å²) in [6.07, 6.45) is 0.435. The second-order valence-electron chi connectivity index (χ2n) is 8.51. The third-order valence-electron chi connectivity index (χ3n) is 6.14. The molecule has 37 heavy (non-hydrogen) atoms. The zero-order valence-electron chi connectivity index (χ0n) is 19.8. The van der Waals surface area contributed by atoms with Gasteiger partial charge < -0.3 is 4.74 Å². The van der Waals surface area contributed by atoms with Crippen LogP contribution in [0, 0.1) is 5.82 Å². The summed E-state index contributed by atoms with van der Waals surface area (Å²) in [6.45, 7) is -0.291. The van der Waals surface area contributed by atoms with Crippen LogP contribution in [0.3, 0.4) is 0 Å². The summed E-state index contributed by atoms with van der Waals surface area (Å²) in [5.41, 5.74) is 3.27. The van der Waals surface area contributed by atoms with E-state index in [4.69, 9.17) is 4.74 Å². The van der Waals surface area contributed by atoms with Gasteiger partial charge in [-0.15, -0.1) is 0 Å². The van der Waals surface area contributed by atoms with Gasteiger partial charge in [-0.2, -0.15) is 10.2 Å². The van der Waals surface area contributed by atoms with Gasteiger partial charge in [0.15, 0.2) is 0 Å². The number of hydrogen-bond acceptors (Lipinski definition) is 5. The molecule has 0 aliphatic carbocycles. The fraction of sp³-hybridized carbons (Fsp3) is 0.143. The lowest BCUT2D eigenvalue weighted by atomic mass is 9.98. The van der Waals surface area contributed by atoms with Crippen LogP contribution in [0.5, 0.6) is 5.75 Å². The Bertz CT molecular complexity index is 1520. The van der Waals surface area contributed by atoms with Crippen LogP contribution in [-0.4, -0.2) is 33.5 Å². The smallest absolute Gasteiger partial charge is 0.267 e. The molecule has 9 heteroatoms. The molecule has 0 saturated heterocycles. The van der Waals surface area contributed by atoms with Gasteiger partial charge in [-0.05, 0) is 65.7 Å². The number of amides is 1. The molecule has 1 atom stereocenters. The molecule has 0 N–H and O–H groups in total. The van der Waals surface area contributed by atoms with Crippen LogP contribution in [0.4, 0.5) is 4.39 Å². The number of ether oxygens (including phenoxy) is 1. The molecule has 3 aromatic carbocycles. The van der Waals surface area contributed by atoms with Crippen molar-refractivity contribution >= 4 is 27.5 Å². The second-order valence-corrected chi connectivity index (χ2v) is 9.42. The van der Waals surface area contributed by atoms with Gasteiger partial charge >= 0.3 is 0 Å². The van der Waals surface area contributed by atoms with E-state index in [-0.39, 0.29) is 12.4 Å². The number of nitrogens with zero attached hydrogens (tertiary/aromatic N) is 4. The molecule has 0 fully saturated rings. The van der Waals surface area contributed by atoms with Crippen molar-refractivity contribution in [3.8, 4) is 17.0 Å². The summed E-state index contributed by atoms with van der Waals surface area (Å²) < 4.78 is 20.9. The van der Waals surface area contributed by atoms with Gasteiger partial charge in [-0.3, -0.25) is 9.59 Å². The number of rotatable bonds is 6. The van der Waals surface area contributed by atoms with E-state index in [1.165, 1.54) is 23.2 Å². The standard InChI is InChI=1S/C28H22BrFN4O3/c1-37-23-12-6-19(7-13-23)25-16-26(20-4-10-22(30)11-5-20)34(32-25)28(36)17-33-27(35)15-14-24(31-33)18-2-8-21(29)9-3-18/h2-15,26H,16-17H2,1H3. The van der Waals surface area contributed by atoms with E-state index in [2.05, 4.69) is 26.1 Å². The lowest BCUT2D eigenvalue weighted by Gasteiger charge is -2.22. The summed E-state index contributed by atoms with van der Waals surface area (Å²) in [4.78, 5) is 26.1. The second kappa shape index (κ2) is 10.5. The third-order valence-corrected chi connectivity index (χ3v) is 6.66. The molecule has 0 bridgehead atoms. The summed E-state index contributed by atoms with van der Waals surface area (Å²) in [7, 11) is 1.59. The lowest BCUT2D eigenvalue weighted by Crippen LogP contribution is -2.34. The number of hydrazone groups is 1. The molecule has 1 aliphatic rings. The van der Waals surface area contributed by atoms with Gasteiger partial charge in [0.2, 0.25) is 0 Å². The number of halogens is 2. The molecule has 0 radical (unpaired) electrons. The Morgan fingerprint density at radius 2 is 1.65 bits per heavy atom. The van der Waals surface area contributed by atoms with Crippen LogP contribution in [0.15, 0.2) is 99.3 Å². The van der Waals surface area contributed by atoms with E-state index < -0.39 is 17.5 Å². The molecule has 4 aromatic rings.